The van der Waals surface area contributed by atoms with Gasteiger partial charge in [0.05, 0.1) is 0 Å². The molecule has 0 fully saturated rings. The van der Waals surface area contributed by atoms with Crippen molar-refractivity contribution in [2.24, 2.45) is 7.05 Å². The monoisotopic (exact) mass is 299 g/mol. The number of hydrogen-bond acceptors (Lipinski definition) is 2. The van der Waals surface area contributed by atoms with Crippen LogP contribution in [-0.4, -0.2) is 29.5 Å². The fraction of sp³-hybridized carbons (Fsp3) is 0.273. The fourth-order valence-electron chi connectivity index (χ4n) is 1.27. The molecule has 0 unspecified atom stereocenters. The van der Waals surface area contributed by atoms with Gasteiger partial charge in [-0.2, -0.15) is 0 Å². The second-order valence-corrected chi connectivity index (χ2v) is 4.32. The third-order valence-corrected chi connectivity index (χ3v) is 2.53. The highest BCUT2D eigenvalue weighted by Crippen LogP contribution is 2.13. The van der Waals surface area contributed by atoms with Gasteiger partial charge in [0, 0.05) is 30.8 Å². The number of aryl methyl sites for hydroxylation is 1. The Morgan fingerprint density at radius 2 is 2.12 bits per heavy atom. The third kappa shape index (κ3) is 4.07. The maximum Gasteiger partial charge on any atom is 0.267 e. The third-order valence-electron chi connectivity index (χ3n) is 2.10. The number of carbonyl (C=O) groups excluding carboxylic acids is 2. The van der Waals surface area contributed by atoms with E-state index < -0.39 is 0 Å². The lowest BCUT2D eigenvalue weighted by Crippen LogP contribution is -2.34. The Labute approximate surface area is 108 Å². The van der Waals surface area contributed by atoms with Crippen molar-refractivity contribution in [3.05, 3.63) is 35.1 Å². The molecular formula is C11H14BrN3O2. The molecule has 0 aromatic carbocycles. The van der Waals surface area contributed by atoms with E-state index in [2.05, 4.69) is 33.1 Å². The molecule has 0 spiro atoms. The minimum atomic E-state index is -0.249. The van der Waals surface area contributed by atoms with Crippen LogP contribution in [0.3, 0.4) is 0 Å². The Kier molecular flexibility index (Phi) is 4.96. The van der Waals surface area contributed by atoms with Crippen LogP contribution in [0.25, 0.3) is 0 Å². The molecule has 17 heavy (non-hydrogen) atoms. The van der Waals surface area contributed by atoms with Gasteiger partial charge in [0.15, 0.2) is 0 Å². The summed E-state index contributed by atoms with van der Waals surface area (Å²) in [6, 6.07) is 1.73. The van der Waals surface area contributed by atoms with Crippen LogP contribution in [0.4, 0.5) is 0 Å². The molecule has 1 rings (SSSR count). The number of nitrogens with one attached hydrogen (secondary N) is 2. The van der Waals surface area contributed by atoms with Crippen LogP contribution in [0.2, 0.25) is 0 Å². The number of nitrogens with zero attached hydrogens (tertiary/aromatic N) is 1. The Bertz CT molecular complexity index is 440. The maximum absolute atomic E-state index is 11.7. The van der Waals surface area contributed by atoms with Gasteiger partial charge >= 0.3 is 0 Å². The van der Waals surface area contributed by atoms with Crippen molar-refractivity contribution >= 4 is 27.7 Å². The van der Waals surface area contributed by atoms with Crippen LogP contribution in [0.1, 0.15) is 10.5 Å². The zero-order valence-corrected chi connectivity index (χ0v) is 11.1. The minimum absolute atomic E-state index is 0.175. The molecule has 0 radical (unpaired) electrons. The van der Waals surface area contributed by atoms with Crippen molar-refractivity contribution in [1.29, 1.82) is 0 Å². The van der Waals surface area contributed by atoms with Gasteiger partial charge in [0.2, 0.25) is 5.91 Å². The number of amides is 2. The smallest absolute Gasteiger partial charge is 0.267 e. The first-order chi connectivity index (χ1) is 8.04. The molecule has 0 atom stereocenters. The van der Waals surface area contributed by atoms with Crippen LogP contribution in [0, 0.1) is 0 Å². The Balaban J connectivity index is 2.38. The van der Waals surface area contributed by atoms with Crippen molar-refractivity contribution in [3.8, 4) is 0 Å². The predicted octanol–water partition coefficient (Wildman–Crippen LogP) is 0.820. The largest absolute Gasteiger partial charge is 0.351 e. The number of carbonyl (C=O) groups is 2. The highest BCUT2D eigenvalue weighted by Gasteiger charge is 2.09. The molecule has 1 aromatic heterocycles. The lowest BCUT2D eigenvalue weighted by atomic mass is 10.4. The summed E-state index contributed by atoms with van der Waals surface area (Å²) in [5, 5.41) is 5.27. The molecule has 6 heteroatoms. The Hall–Kier alpha value is -1.56. The van der Waals surface area contributed by atoms with E-state index >= 15 is 0 Å². The average Bonchev–Trinajstić information content (AvgIpc) is 2.63. The zero-order valence-electron chi connectivity index (χ0n) is 9.50. The average molecular weight is 300 g/mol. The molecule has 0 aliphatic heterocycles. The molecule has 92 valence electrons. The topological polar surface area (TPSA) is 63.1 Å². The van der Waals surface area contributed by atoms with Gasteiger partial charge in [-0.05, 0) is 28.1 Å². The highest BCUT2D eigenvalue weighted by atomic mass is 79.9. The van der Waals surface area contributed by atoms with Crippen LogP contribution in [0.5, 0.6) is 0 Å². The summed E-state index contributed by atoms with van der Waals surface area (Å²) < 4.78 is 2.58. The molecule has 2 N–H and O–H groups in total. The van der Waals surface area contributed by atoms with Gasteiger partial charge in [-0.15, -0.1) is 0 Å². The van der Waals surface area contributed by atoms with E-state index in [1.54, 1.807) is 23.9 Å². The summed E-state index contributed by atoms with van der Waals surface area (Å²) in [4.78, 5) is 22.5. The van der Waals surface area contributed by atoms with Crippen LogP contribution in [0.15, 0.2) is 29.4 Å². The molecule has 2 amide bonds. The number of halogens is 1. The number of aromatic nitrogens is 1. The van der Waals surface area contributed by atoms with Crippen molar-refractivity contribution in [2.75, 3.05) is 13.1 Å². The van der Waals surface area contributed by atoms with E-state index in [9.17, 15) is 9.59 Å². The maximum atomic E-state index is 11.7. The van der Waals surface area contributed by atoms with Crippen molar-refractivity contribution in [2.45, 2.75) is 0 Å². The molecular weight excluding hydrogens is 286 g/mol. The highest BCUT2D eigenvalue weighted by molar-refractivity contribution is 9.10. The fourth-order valence-corrected chi connectivity index (χ4v) is 1.80. The van der Waals surface area contributed by atoms with E-state index in [-0.39, 0.29) is 11.8 Å². The summed E-state index contributed by atoms with van der Waals surface area (Å²) in [7, 11) is 1.79. The lowest BCUT2D eigenvalue weighted by molar-refractivity contribution is -0.116. The number of rotatable bonds is 5. The molecule has 1 heterocycles. The molecule has 0 saturated carbocycles. The van der Waals surface area contributed by atoms with Crippen LogP contribution < -0.4 is 10.6 Å². The summed E-state index contributed by atoms with van der Waals surface area (Å²) in [5.41, 5.74) is 0.562. The quantitative estimate of drug-likeness (QED) is 0.625. The summed E-state index contributed by atoms with van der Waals surface area (Å²) in [6.45, 7) is 4.08. The SMILES string of the molecule is C=CC(=O)NCCNC(=O)c1cc(Br)cn1C. The van der Waals surface area contributed by atoms with Gasteiger partial charge < -0.3 is 15.2 Å². The summed E-state index contributed by atoms with van der Waals surface area (Å²) >= 11 is 3.29. The van der Waals surface area contributed by atoms with Crippen molar-refractivity contribution < 1.29 is 9.59 Å². The van der Waals surface area contributed by atoms with Crippen LogP contribution in [-0.2, 0) is 11.8 Å². The molecule has 0 bridgehead atoms. The van der Waals surface area contributed by atoms with Gasteiger partial charge in [-0.3, -0.25) is 9.59 Å². The van der Waals surface area contributed by atoms with E-state index in [0.29, 0.717) is 18.8 Å². The molecule has 5 nitrogen and oxygen atoms in total. The lowest BCUT2D eigenvalue weighted by Gasteiger charge is -2.06. The molecule has 1 aromatic rings. The van der Waals surface area contributed by atoms with Crippen molar-refractivity contribution in [1.82, 2.24) is 15.2 Å². The van der Waals surface area contributed by atoms with E-state index in [1.165, 1.54) is 6.08 Å². The second kappa shape index (κ2) is 6.24. The summed E-state index contributed by atoms with van der Waals surface area (Å²) in [5.74, 6) is -0.424. The minimum Gasteiger partial charge on any atom is -0.351 e. The first-order valence-electron chi connectivity index (χ1n) is 5.05. The number of hydrogen-bond donors (Lipinski definition) is 2. The normalized spacial score (nSPS) is 9.76. The molecule has 0 saturated heterocycles. The first-order valence-corrected chi connectivity index (χ1v) is 5.84. The van der Waals surface area contributed by atoms with Crippen LogP contribution >= 0.6 is 15.9 Å². The van der Waals surface area contributed by atoms with Gasteiger partial charge in [-0.1, -0.05) is 6.58 Å². The van der Waals surface area contributed by atoms with E-state index in [4.69, 9.17) is 0 Å². The molecule has 0 aliphatic rings. The zero-order chi connectivity index (χ0) is 12.8. The first kappa shape index (κ1) is 13.5. The summed E-state index contributed by atoms with van der Waals surface area (Å²) in [6.07, 6.45) is 2.99. The molecule has 0 aliphatic carbocycles. The predicted molar refractivity (Wildman–Crippen MR) is 68.7 cm³/mol. The van der Waals surface area contributed by atoms with Gasteiger partial charge in [-0.25, -0.2) is 0 Å². The van der Waals surface area contributed by atoms with E-state index in [1.807, 2.05) is 0 Å². The Morgan fingerprint density at radius 3 is 2.65 bits per heavy atom. The van der Waals surface area contributed by atoms with Crippen molar-refractivity contribution in [3.63, 3.8) is 0 Å². The Morgan fingerprint density at radius 1 is 1.47 bits per heavy atom. The van der Waals surface area contributed by atoms with Gasteiger partial charge in [0.25, 0.3) is 5.91 Å². The van der Waals surface area contributed by atoms with Gasteiger partial charge in [0.1, 0.15) is 5.69 Å². The second-order valence-electron chi connectivity index (χ2n) is 3.41. The van der Waals surface area contributed by atoms with E-state index in [0.717, 1.165) is 4.47 Å². The standard InChI is InChI=1S/C11H14BrN3O2/c1-3-10(16)13-4-5-14-11(17)9-6-8(12)7-15(9)2/h3,6-7H,1,4-5H2,2H3,(H,13,16)(H,14,17).